The predicted octanol–water partition coefficient (Wildman–Crippen LogP) is 3.76. The van der Waals surface area contributed by atoms with E-state index in [1.165, 1.54) is 11.8 Å². The predicted molar refractivity (Wildman–Crippen MR) is 128 cm³/mol. The molecule has 0 aliphatic carbocycles. The fraction of sp³-hybridized carbons (Fsp3) is 0.250. The number of nitriles is 1. The number of esters is 1. The van der Waals surface area contributed by atoms with E-state index in [4.69, 9.17) is 4.74 Å². The molecule has 0 bridgehead atoms. The third-order valence-corrected chi connectivity index (χ3v) is 5.50. The maximum Gasteiger partial charge on any atom is 0.329 e. The highest BCUT2D eigenvalue weighted by molar-refractivity contribution is 7.98. The number of fused-ring (bicyclic) bond motifs is 1. The molecule has 0 saturated heterocycles. The number of benzene rings is 2. The lowest BCUT2D eigenvalue weighted by Crippen LogP contribution is -2.42. The van der Waals surface area contributed by atoms with Crippen molar-refractivity contribution in [2.75, 3.05) is 18.6 Å². The lowest BCUT2D eigenvalue weighted by atomic mass is 10.1. The number of ether oxygens (including phenoxy) is 1. The van der Waals surface area contributed by atoms with E-state index in [0.717, 1.165) is 5.56 Å². The van der Waals surface area contributed by atoms with Gasteiger partial charge in [-0.2, -0.15) is 17.0 Å². The second-order valence-electron chi connectivity index (χ2n) is 7.32. The highest BCUT2D eigenvalue weighted by Crippen LogP contribution is 2.19. The summed E-state index contributed by atoms with van der Waals surface area (Å²) in [4.78, 5) is 32.5. The Hall–Kier alpha value is -3.77. The average molecular weight is 465 g/mol. The first-order valence-corrected chi connectivity index (χ1v) is 11.6. The van der Waals surface area contributed by atoms with Crippen molar-refractivity contribution in [2.45, 2.75) is 19.4 Å². The summed E-state index contributed by atoms with van der Waals surface area (Å²) >= 11 is 1.53. The number of amides is 1. The number of aliphatic hydroxyl groups is 1. The van der Waals surface area contributed by atoms with Crippen LogP contribution in [0.25, 0.3) is 16.6 Å². The number of carbonyl (C=O) groups excluding carboxylic acids is 2. The van der Waals surface area contributed by atoms with Crippen LogP contribution in [-0.4, -0.2) is 51.6 Å². The van der Waals surface area contributed by atoms with E-state index in [-0.39, 0.29) is 17.3 Å². The topological polar surface area (TPSA) is 128 Å². The van der Waals surface area contributed by atoms with Gasteiger partial charge in [0.1, 0.15) is 24.3 Å². The molecule has 1 amide bonds. The first-order valence-electron chi connectivity index (χ1n) is 10.2. The molecule has 0 aliphatic rings. The van der Waals surface area contributed by atoms with Gasteiger partial charge in [0.15, 0.2) is 11.6 Å². The zero-order valence-electron chi connectivity index (χ0n) is 18.3. The number of aryl methyl sites for hydroxylation is 1. The van der Waals surface area contributed by atoms with Gasteiger partial charge in [-0.05, 0) is 49.6 Å². The molecule has 1 heterocycles. The normalized spacial score (nSPS) is 12.5. The van der Waals surface area contributed by atoms with Gasteiger partial charge in [0.2, 0.25) is 0 Å². The number of carbonyl (C=O) groups is 2. The van der Waals surface area contributed by atoms with Crippen LogP contribution in [0.15, 0.2) is 54.3 Å². The molecule has 0 radical (unpaired) electrons. The van der Waals surface area contributed by atoms with E-state index in [1.54, 1.807) is 30.3 Å². The van der Waals surface area contributed by atoms with Crippen LogP contribution in [0.4, 0.5) is 0 Å². The summed E-state index contributed by atoms with van der Waals surface area (Å²) in [5.74, 6) is -0.713. The van der Waals surface area contributed by atoms with E-state index in [9.17, 15) is 20.0 Å². The Labute approximate surface area is 195 Å². The fourth-order valence-electron chi connectivity index (χ4n) is 3.15. The second-order valence-corrected chi connectivity index (χ2v) is 8.31. The number of rotatable bonds is 9. The number of aromatic amines is 1. The molecular weight excluding hydrogens is 440 g/mol. The lowest BCUT2D eigenvalue weighted by molar-refractivity contribution is -0.145. The molecule has 170 valence electrons. The monoisotopic (exact) mass is 464 g/mol. The number of para-hydroxylation sites is 2. The molecule has 1 unspecified atom stereocenters. The zero-order valence-corrected chi connectivity index (χ0v) is 19.1. The summed E-state index contributed by atoms with van der Waals surface area (Å²) in [5.41, 5.74) is 2.59. The molecule has 0 fully saturated rings. The van der Waals surface area contributed by atoms with Gasteiger partial charge in [0.25, 0.3) is 5.91 Å². The molecule has 9 heteroatoms. The van der Waals surface area contributed by atoms with Crippen LogP contribution in [0, 0.1) is 18.3 Å². The van der Waals surface area contributed by atoms with Gasteiger partial charge in [-0.3, -0.25) is 4.79 Å². The molecule has 1 atom stereocenters. The standard InChI is InChI=1S/C24H24N4O4S/c1-15-6-5-7-16(12-15)23(30)28-20(10-11-33-2)24(31)32-14-21(29)17(13-25)22-26-18-8-3-4-9-19(18)27-22/h3-9,12,20,29H,10-11,14H2,1-2H3,(H,26,27)(H,28,30)/b21-17-. The van der Waals surface area contributed by atoms with Crippen LogP contribution in [-0.2, 0) is 9.53 Å². The Balaban J connectivity index is 1.71. The van der Waals surface area contributed by atoms with Gasteiger partial charge < -0.3 is 20.1 Å². The lowest BCUT2D eigenvalue weighted by Gasteiger charge is -2.17. The number of H-pyrrole nitrogens is 1. The van der Waals surface area contributed by atoms with Crippen molar-refractivity contribution in [2.24, 2.45) is 0 Å². The number of hydrogen-bond acceptors (Lipinski definition) is 7. The van der Waals surface area contributed by atoms with Crippen LogP contribution in [0.3, 0.4) is 0 Å². The minimum Gasteiger partial charge on any atom is -0.507 e. The number of nitrogens with zero attached hydrogens (tertiary/aromatic N) is 2. The third-order valence-electron chi connectivity index (χ3n) is 4.86. The van der Waals surface area contributed by atoms with Gasteiger partial charge in [0, 0.05) is 5.56 Å². The van der Waals surface area contributed by atoms with Gasteiger partial charge in [-0.25, -0.2) is 9.78 Å². The van der Waals surface area contributed by atoms with Crippen molar-refractivity contribution in [1.82, 2.24) is 15.3 Å². The van der Waals surface area contributed by atoms with Crippen molar-refractivity contribution in [3.8, 4) is 6.07 Å². The van der Waals surface area contributed by atoms with E-state index >= 15 is 0 Å². The second kappa shape index (κ2) is 11.2. The van der Waals surface area contributed by atoms with E-state index < -0.39 is 24.4 Å². The van der Waals surface area contributed by atoms with Gasteiger partial charge in [0.05, 0.1) is 11.0 Å². The molecule has 33 heavy (non-hydrogen) atoms. The van der Waals surface area contributed by atoms with Crippen molar-refractivity contribution in [3.63, 3.8) is 0 Å². The fourth-order valence-corrected chi connectivity index (χ4v) is 3.62. The number of hydrogen-bond donors (Lipinski definition) is 3. The largest absolute Gasteiger partial charge is 0.507 e. The first kappa shape index (κ1) is 23.9. The van der Waals surface area contributed by atoms with Crippen LogP contribution in [0.5, 0.6) is 0 Å². The molecule has 1 aromatic heterocycles. The van der Waals surface area contributed by atoms with Crippen LogP contribution in [0.1, 0.15) is 28.2 Å². The third kappa shape index (κ3) is 6.14. The summed E-state index contributed by atoms with van der Waals surface area (Å²) in [7, 11) is 0. The SMILES string of the molecule is CSCCC(NC(=O)c1cccc(C)c1)C(=O)OC/C(O)=C(\C#N)c1nc2ccccc2[nH]1. The molecule has 2 aromatic carbocycles. The average Bonchev–Trinajstić information content (AvgIpc) is 3.24. The van der Waals surface area contributed by atoms with Crippen LogP contribution in [0.2, 0.25) is 0 Å². The van der Waals surface area contributed by atoms with Crippen molar-refractivity contribution >= 4 is 40.2 Å². The molecule has 0 spiro atoms. The number of allylic oxidation sites excluding steroid dienone is 1. The Bertz CT molecular complexity index is 1200. The van der Waals surface area contributed by atoms with Gasteiger partial charge >= 0.3 is 5.97 Å². The highest BCUT2D eigenvalue weighted by Gasteiger charge is 2.24. The zero-order chi connectivity index (χ0) is 23.8. The number of imidazole rings is 1. The van der Waals surface area contributed by atoms with E-state index in [2.05, 4.69) is 15.3 Å². The molecule has 3 aromatic rings. The molecular formula is C24H24N4O4S. The number of aliphatic hydroxyl groups excluding tert-OH is 1. The Kier molecular flexibility index (Phi) is 8.11. The molecule has 3 N–H and O–H groups in total. The van der Waals surface area contributed by atoms with Gasteiger partial charge in [-0.15, -0.1) is 0 Å². The van der Waals surface area contributed by atoms with Crippen molar-refractivity contribution < 1.29 is 19.4 Å². The minimum absolute atomic E-state index is 0.122. The Morgan fingerprint density at radius 1 is 1.27 bits per heavy atom. The summed E-state index contributed by atoms with van der Waals surface area (Å²) in [6.45, 7) is 1.36. The maximum absolute atomic E-state index is 12.7. The number of aromatic nitrogens is 2. The van der Waals surface area contributed by atoms with E-state index in [1.807, 2.05) is 37.4 Å². The molecule has 8 nitrogen and oxygen atoms in total. The summed E-state index contributed by atoms with van der Waals surface area (Å²) in [6.07, 6.45) is 2.25. The number of nitrogens with one attached hydrogen (secondary N) is 2. The van der Waals surface area contributed by atoms with Crippen LogP contribution >= 0.6 is 11.8 Å². The smallest absolute Gasteiger partial charge is 0.329 e. The molecule has 0 saturated carbocycles. The van der Waals surface area contributed by atoms with E-state index in [0.29, 0.717) is 28.8 Å². The molecule has 3 rings (SSSR count). The highest BCUT2D eigenvalue weighted by atomic mass is 32.2. The Morgan fingerprint density at radius 2 is 2.06 bits per heavy atom. The van der Waals surface area contributed by atoms with Gasteiger partial charge in [-0.1, -0.05) is 29.8 Å². The van der Waals surface area contributed by atoms with Crippen molar-refractivity contribution in [1.29, 1.82) is 5.26 Å². The minimum atomic E-state index is -0.894. The summed E-state index contributed by atoms with van der Waals surface area (Å²) in [6, 6.07) is 15.2. The first-order chi connectivity index (χ1) is 15.9. The Morgan fingerprint density at radius 3 is 2.76 bits per heavy atom. The van der Waals surface area contributed by atoms with Crippen molar-refractivity contribution in [3.05, 3.63) is 71.2 Å². The maximum atomic E-state index is 12.7. The summed E-state index contributed by atoms with van der Waals surface area (Å²) < 4.78 is 5.24. The quantitative estimate of drug-likeness (QED) is 0.250. The molecule has 0 aliphatic heterocycles. The summed E-state index contributed by atoms with van der Waals surface area (Å²) in [5, 5.41) is 22.6. The number of thioether (sulfide) groups is 1. The van der Waals surface area contributed by atoms with Crippen LogP contribution < -0.4 is 5.32 Å².